The molecule has 3 aromatic rings. The first-order valence-corrected chi connectivity index (χ1v) is 10.6. The molecule has 0 spiro atoms. The van der Waals surface area contributed by atoms with Crippen LogP contribution >= 0.6 is 0 Å². The summed E-state index contributed by atoms with van der Waals surface area (Å²) in [6.07, 6.45) is 0. The van der Waals surface area contributed by atoms with Crippen LogP contribution in [0.25, 0.3) is 10.8 Å². The molecule has 0 aromatic heterocycles. The van der Waals surface area contributed by atoms with E-state index in [1.54, 1.807) is 0 Å². The minimum absolute atomic E-state index is 0.0256. The van der Waals surface area contributed by atoms with E-state index in [-0.39, 0.29) is 6.61 Å². The van der Waals surface area contributed by atoms with Crippen molar-refractivity contribution in [2.45, 2.75) is 46.4 Å². The molecule has 0 atom stereocenters. The summed E-state index contributed by atoms with van der Waals surface area (Å²) < 4.78 is 0. The van der Waals surface area contributed by atoms with E-state index in [1.807, 2.05) is 36.4 Å². The van der Waals surface area contributed by atoms with Gasteiger partial charge in [-0.1, -0.05) is 71.9 Å². The van der Waals surface area contributed by atoms with Crippen molar-refractivity contribution in [3.8, 4) is 0 Å². The maximum Gasteiger partial charge on any atom is 0.129 e. The Morgan fingerprint density at radius 3 is 2.23 bits per heavy atom. The number of oxime groups is 1. The molecule has 0 radical (unpaired) electrons. The number of hydrogen-bond acceptors (Lipinski definition) is 4. The molecular formula is C26H32N2O2. The Hall–Kier alpha value is -2.69. The summed E-state index contributed by atoms with van der Waals surface area (Å²) in [7, 11) is 0. The molecule has 0 saturated heterocycles. The Morgan fingerprint density at radius 1 is 0.900 bits per heavy atom. The third-order valence-corrected chi connectivity index (χ3v) is 5.38. The lowest BCUT2D eigenvalue weighted by Gasteiger charge is -2.29. The summed E-state index contributed by atoms with van der Waals surface area (Å²) in [6.45, 7) is 10.2. The largest absolute Gasteiger partial charge is 0.394 e. The Labute approximate surface area is 179 Å². The van der Waals surface area contributed by atoms with Gasteiger partial charge in [-0.25, -0.2) is 0 Å². The summed E-state index contributed by atoms with van der Waals surface area (Å²) >= 11 is 0. The standard InChI is InChI=1S/C26H32N2O2/c1-19(2)28(20(3)4)16-17-30-27-26(23-14-12-21(18-29)13-15-23)25-11-7-9-22-8-5-6-10-24(22)25/h5-15,19-20,29H,16-18H2,1-4H3/b27-26-. The SMILES string of the molecule is CC(C)N(CCO/N=C(/c1ccc(CO)cc1)c1cccc2ccccc12)C(C)C. The average molecular weight is 405 g/mol. The normalized spacial score (nSPS) is 12.3. The van der Waals surface area contributed by atoms with E-state index in [1.165, 1.54) is 5.39 Å². The topological polar surface area (TPSA) is 45.1 Å². The van der Waals surface area contributed by atoms with Crippen molar-refractivity contribution in [3.05, 3.63) is 83.4 Å². The van der Waals surface area contributed by atoms with Crippen LogP contribution in [0.2, 0.25) is 0 Å². The number of rotatable bonds is 9. The molecule has 0 fully saturated rings. The van der Waals surface area contributed by atoms with Crippen LogP contribution in [0.5, 0.6) is 0 Å². The summed E-state index contributed by atoms with van der Waals surface area (Å²) in [5, 5.41) is 16.3. The fourth-order valence-electron chi connectivity index (χ4n) is 3.83. The van der Waals surface area contributed by atoms with Crippen molar-refractivity contribution in [2.24, 2.45) is 5.16 Å². The summed E-state index contributed by atoms with van der Waals surface area (Å²) in [4.78, 5) is 8.23. The van der Waals surface area contributed by atoms with Crippen LogP contribution in [0.3, 0.4) is 0 Å². The molecule has 0 unspecified atom stereocenters. The fourth-order valence-corrected chi connectivity index (χ4v) is 3.83. The zero-order valence-electron chi connectivity index (χ0n) is 18.4. The molecule has 1 N–H and O–H groups in total. The van der Waals surface area contributed by atoms with Crippen LogP contribution in [0.15, 0.2) is 71.9 Å². The highest BCUT2D eigenvalue weighted by Gasteiger charge is 2.14. The van der Waals surface area contributed by atoms with Gasteiger partial charge in [-0.2, -0.15) is 0 Å². The van der Waals surface area contributed by atoms with Gasteiger partial charge in [0.25, 0.3) is 0 Å². The highest BCUT2D eigenvalue weighted by molar-refractivity contribution is 6.19. The zero-order valence-corrected chi connectivity index (χ0v) is 18.4. The second kappa shape index (κ2) is 10.4. The van der Waals surface area contributed by atoms with E-state index < -0.39 is 0 Å². The molecule has 0 aliphatic heterocycles. The van der Waals surface area contributed by atoms with Gasteiger partial charge in [0.2, 0.25) is 0 Å². The molecular weight excluding hydrogens is 372 g/mol. The van der Waals surface area contributed by atoms with Gasteiger partial charge < -0.3 is 9.94 Å². The molecule has 0 saturated carbocycles. The lowest BCUT2D eigenvalue weighted by atomic mass is 9.96. The molecule has 3 rings (SSSR count). The van der Waals surface area contributed by atoms with Crippen molar-refractivity contribution < 1.29 is 9.94 Å². The molecule has 4 nitrogen and oxygen atoms in total. The van der Waals surface area contributed by atoms with E-state index in [2.05, 4.69) is 68.1 Å². The van der Waals surface area contributed by atoms with Gasteiger partial charge in [-0.05, 0) is 44.0 Å². The van der Waals surface area contributed by atoms with E-state index in [4.69, 9.17) is 4.84 Å². The zero-order chi connectivity index (χ0) is 21.5. The quantitative estimate of drug-likeness (QED) is 0.302. The van der Waals surface area contributed by atoms with Crippen LogP contribution < -0.4 is 0 Å². The minimum atomic E-state index is 0.0256. The smallest absolute Gasteiger partial charge is 0.129 e. The Bertz CT molecular complexity index is 964. The van der Waals surface area contributed by atoms with E-state index in [9.17, 15) is 5.11 Å². The van der Waals surface area contributed by atoms with Crippen molar-refractivity contribution in [1.82, 2.24) is 4.90 Å². The summed E-state index contributed by atoms with van der Waals surface area (Å²) in [5.41, 5.74) is 3.68. The lowest BCUT2D eigenvalue weighted by molar-refractivity contribution is 0.0830. The predicted molar refractivity (Wildman–Crippen MR) is 125 cm³/mol. The second-order valence-electron chi connectivity index (χ2n) is 8.08. The maximum absolute atomic E-state index is 9.38. The molecule has 0 amide bonds. The fraction of sp³-hybridized carbons (Fsp3) is 0.346. The van der Waals surface area contributed by atoms with E-state index in [0.717, 1.165) is 34.3 Å². The Balaban J connectivity index is 1.92. The number of hydrogen-bond donors (Lipinski definition) is 1. The molecule has 4 heteroatoms. The minimum Gasteiger partial charge on any atom is -0.394 e. The van der Waals surface area contributed by atoms with Gasteiger partial charge in [0.05, 0.1) is 6.61 Å². The van der Waals surface area contributed by atoms with Crippen LogP contribution in [0, 0.1) is 0 Å². The van der Waals surface area contributed by atoms with Gasteiger partial charge in [0.15, 0.2) is 0 Å². The highest BCUT2D eigenvalue weighted by Crippen LogP contribution is 2.22. The summed E-state index contributed by atoms with van der Waals surface area (Å²) in [6, 6.07) is 23.3. The predicted octanol–water partition coefficient (Wildman–Crippen LogP) is 5.22. The maximum atomic E-state index is 9.38. The number of benzene rings is 3. The van der Waals surface area contributed by atoms with Crippen LogP contribution in [-0.2, 0) is 11.4 Å². The summed E-state index contributed by atoms with van der Waals surface area (Å²) in [5.74, 6) is 0. The van der Waals surface area contributed by atoms with Gasteiger partial charge >= 0.3 is 0 Å². The first kappa shape index (κ1) is 22.0. The third kappa shape index (κ3) is 5.26. The average Bonchev–Trinajstić information content (AvgIpc) is 2.75. The number of nitrogens with zero attached hydrogens (tertiary/aromatic N) is 2. The monoisotopic (exact) mass is 404 g/mol. The van der Waals surface area contributed by atoms with Crippen LogP contribution in [0.4, 0.5) is 0 Å². The van der Waals surface area contributed by atoms with Gasteiger partial charge in [-0.3, -0.25) is 4.90 Å². The highest BCUT2D eigenvalue weighted by atomic mass is 16.6. The first-order chi connectivity index (χ1) is 14.5. The van der Waals surface area contributed by atoms with E-state index in [0.29, 0.717) is 18.7 Å². The van der Waals surface area contributed by atoms with Crippen molar-refractivity contribution in [3.63, 3.8) is 0 Å². The van der Waals surface area contributed by atoms with Crippen molar-refractivity contribution in [2.75, 3.05) is 13.2 Å². The van der Waals surface area contributed by atoms with E-state index >= 15 is 0 Å². The molecule has 158 valence electrons. The second-order valence-corrected chi connectivity index (χ2v) is 8.08. The van der Waals surface area contributed by atoms with Crippen molar-refractivity contribution in [1.29, 1.82) is 0 Å². The molecule has 0 bridgehead atoms. The van der Waals surface area contributed by atoms with Gasteiger partial charge in [-0.15, -0.1) is 0 Å². The Morgan fingerprint density at radius 2 is 1.57 bits per heavy atom. The molecule has 3 aromatic carbocycles. The van der Waals surface area contributed by atoms with Crippen LogP contribution in [-0.4, -0.2) is 41.0 Å². The number of aliphatic hydroxyl groups is 1. The Kier molecular flexibility index (Phi) is 7.61. The number of aliphatic hydroxyl groups excluding tert-OH is 1. The first-order valence-electron chi connectivity index (χ1n) is 10.6. The van der Waals surface area contributed by atoms with Crippen LogP contribution in [0.1, 0.15) is 44.4 Å². The molecule has 30 heavy (non-hydrogen) atoms. The molecule has 0 heterocycles. The van der Waals surface area contributed by atoms with Gasteiger partial charge in [0, 0.05) is 29.8 Å². The lowest BCUT2D eigenvalue weighted by Crippen LogP contribution is -2.39. The molecule has 0 aliphatic carbocycles. The van der Waals surface area contributed by atoms with Crippen molar-refractivity contribution >= 4 is 16.5 Å². The molecule has 0 aliphatic rings. The number of fused-ring (bicyclic) bond motifs is 1. The van der Waals surface area contributed by atoms with Gasteiger partial charge in [0.1, 0.15) is 12.3 Å². The third-order valence-electron chi connectivity index (χ3n) is 5.38.